The van der Waals surface area contributed by atoms with Gasteiger partial charge in [-0.2, -0.15) is 0 Å². The summed E-state index contributed by atoms with van der Waals surface area (Å²) in [4.78, 5) is 32.7. The normalized spacial score (nSPS) is 14.2. The van der Waals surface area contributed by atoms with Crippen molar-refractivity contribution in [2.45, 2.75) is 191 Å². The molecule has 1 saturated heterocycles. The molecular weight excluding hydrogens is 879 g/mol. The zero-order chi connectivity index (χ0) is 46.8. The average Bonchev–Trinajstić information content (AvgIpc) is 3.27. The molecule has 0 radical (unpaired) electrons. The number of thioether (sulfide) groups is 4. The van der Waals surface area contributed by atoms with Gasteiger partial charge in [0.05, 0.1) is 34.2 Å². The van der Waals surface area contributed by atoms with Gasteiger partial charge in [0.1, 0.15) is 13.2 Å². The molecule has 0 aromatic rings. The van der Waals surface area contributed by atoms with Crippen LogP contribution < -0.4 is 0 Å². The molecule has 380 valence electrons. The molecule has 0 unspecified atom stereocenters. The molecule has 0 aromatic carbocycles. The van der Waals surface area contributed by atoms with Crippen LogP contribution in [0.3, 0.4) is 0 Å². The Kier molecular flexibility index (Phi) is 41.9. The number of nitrogens with zero attached hydrogens (tertiary/aromatic N) is 3. The Morgan fingerprint density at radius 3 is 1.19 bits per heavy atom. The van der Waals surface area contributed by atoms with Crippen LogP contribution in [0, 0.1) is 0 Å². The molecule has 1 fully saturated rings. The molecule has 1 heterocycles. The first kappa shape index (κ1) is 62.2. The minimum atomic E-state index is -0.170. The topological polar surface area (TPSA) is 80.8 Å². The van der Waals surface area contributed by atoms with Crippen LogP contribution in [-0.2, 0) is 28.5 Å². The van der Waals surface area contributed by atoms with Crippen molar-refractivity contribution in [3.8, 4) is 0 Å². The number of unbranched alkanes of at least 4 members (excludes halogenated alkanes) is 18. The minimum absolute atomic E-state index is 0.0381. The van der Waals surface area contributed by atoms with Crippen molar-refractivity contribution in [1.82, 2.24) is 14.7 Å². The summed E-state index contributed by atoms with van der Waals surface area (Å²) in [5.41, 5.74) is 0. The molecule has 9 nitrogen and oxygen atoms in total. The lowest BCUT2D eigenvalue weighted by Crippen LogP contribution is -2.47. The van der Waals surface area contributed by atoms with Gasteiger partial charge in [0, 0.05) is 88.6 Å². The van der Waals surface area contributed by atoms with Gasteiger partial charge >= 0.3 is 11.9 Å². The summed E-state index contributed by atoms with van der Waals surface area (Å²) in [5, 5.41) is 0. The summed E-state index contributed by atoms with van der Waals surface area (Å²) in [5.74, 6) is 3.15. The number of rotatable bonds is 47. The van der Waals surface area contributed by atoms with E-state index in [0.717, 1.165) is 88.7 Å². The number of hydrogen-bond acceptors (Lipinski definition) is 13. The maximum atomic E-state index is 12.8. The molecule has 1 aliphatic rings. The number of esters is 2. The first-order valence-electron chi connectivity index (χ1n) is 26.1. The summed E-state index contributed by atoms with van der Waals surface area (Å²) in [6.07, 6.45) is 27.6. The summed E-state index contributed by atoms with van der Waals surface area (Å²) >= 11 is 7.50. The quantitative estimate of drug-likeness (QED) is 0.0330. The third kappa shape index (κ3) is 41.1. The average molecular weight is 981 g/mol. The third-order valence-electron chi connectivity index (χ3n) is 11.8. The second-order valence-corrected chi connectivity index (χ2v) is 26.1. The van der Waals surface area contributed by atoms with Gasteiger partial charge in [-0.1, -0.05) is 129 Å². The fourth-order valence-corrected chi connectivity index (χ4v) is 12.0. The van der Waals surface area contributed by atoms with Gasteiger partial charge in [0.25, 0.3) is 0 Å². The molecular formula is C51H101N3O6S4. The second kappa shape index (κ2) is 43.2. The highest BCUT2D eigenvalue weighted by atomic mass is 32.2. The van der Waals surface area contributed by atoms with Gasteiger partial charge in [-0.25, -0.2) is 0 Å². The largest absolute Gasteiger partial charge is 0.465 e. The lowest BCUT2D eigenvalue weighted by Gasteiger charge is -2.34. The molecule has 0 saturated carbocycles. The molecule has 0 bridgehead atoms. The van der Waals surface area contributed by atoms with Crippen LogP contribution in [0.4, 0.5) is 0 Å². The van der Waals surface area contributed by atoms with Crippen LogP contribution in [0.1, 0.15) is 183 Å². The van der Waals surface area contributed by atoms with Crippen LogP contribution in [0.25, 0.3) is 0 Å². The van der Waals surface area contributed by atoms with Crippen LogP contribution in [-0.4, -0.2) is 157 Å². The van der Waals surface area contributed by atoms with E-state index < -0.39 is 0 Å². The van der Waals surface area contributed by atoms with Gasteiger partial charge in [-0.15, -0.1) is 47.0 Å². The Morgan fingerprint density at radius 1 is 0.469 bits per heavy atom. The standard InChI is InChI=1S/C51H101N3O6S4/c1-8-10-12-14-16-18-20-22-24-26-38-57-40-44-61-50(3,4)63-46-42-59-48(55)28-30-53(36-37-54-34-32-52(7)33-35-54)31-29-49(56)60-43-47-64-51(5,6)62-45-41-58-39-27-25-23-21-19-17-15-13-11-9-2/h8-47H2,1-7H3. The van der Waals surface area contributed by atoms with Gasteiger partial charge in [0.15, 0.2) is 0 Å². The number of ether oxygens (including phenoxy) is 4. The lowest BCUT2D eigenvalue weighted by molar-refractivity contribution is -0.143. The van der Waals surface area contributed by atoms with Crippen molar-refractivity contribution < 1.29 is 28.5 Å². The molecule has 0 aromatic heterocycles. The molecule has 0 aliphatic carbocycles. The Balaban J connectivity index is 2.22. The van der Waals surface area contributed by atoms with Crippen LogP contribution >= 0.6 is 47.0 Å². The Hall–Kier alpha value is 0.140. The zero-order valence-electron chi connectivity index (χ0n) is 42.7. The molecule has 0 atom stereocenters. The fraction of sp³-hybridized carbons (Fsp3) is 0.961. The van der Waals surface area contributed by atoms with Crippen LogP contribution in [0.5, 0.6) is 0 Å². The predicted molar refractivity (Wildman–Crippen MR) is 285 cm³/mol. The smallest absolute Gasteiger partial charge is 0.307 e. The van der Waals surface area contributed by atoms with E-state index in [-0.39, 0.29) is 20.1 Å². The molecule has 1 rings (SSSR count). The van der Waals surface area contributed by atoms with Crippen molar-refractivity contribution in [3.05, 3.63) is 0 Å². The van der Waals surface area contributed by atoms with Crippen molar-refractivity contribution >= 4 is 59.0 Å². The van der Waals surface area contributed by atoms with Crippen molar-refractivity contribution in [3.63, 3.8) is 0 Å². The Bertz CT molecular complexity index is 1000. The van der Waals surface area contributed by atoms with E-state index in [1.54, 1.807) is 0 Å². The van der Waals surface area contributed by atoms with Crippen LogP contribution in [0.15, 0.2) is 0 Å². The molecule has 0 N–H and O–H groups in total. The first-order chi connectivity index (χ1) is 31.0. The summed E-state index contributed by atoms with van der Waals surface area (Å²) in [6.45, 7) is 24.8. The minimum Gasteiger partial charge on any atom is -0.465 e. The van der Waals surface area contributed by atoms with E-state index >= 15 is 0 Å². The maximum absolute atomic E-state index is 12.8. The van der Waals surface area contributed by atoms with E-state index in [1.165, 1.54) is 128 Å². The number of hydrogen-bond donors (Lipinski definition) is 0. The van der Waals surface area contributed by atoms with Crippen LogP contribution in [0.2, 0.25) is 0 Å². The summed E-state index contributed by atoms with van der Waals surface area (Å²) in [6, 6.07) is 0. The highest BCUT2D eigenvalue weighted by molar-refractivity contribution is 8.18. The van der Waals surface area contributed by atoms with Gasteiger partial charge in [-0.05, 0) is 47.6 Å². The Labute approximate surface area is 413 Å². The fourth-order valence-electron chi connectivity index (χ4n) is 7.58. The third-order valence-corrected chi connectivity index (χ3v) is 17.5. The number of carbonyl (C=O) groups excluding carboxylic acids is 2. The highest BCUT2D eigenvalue weighted by Gasteiger charge is 2.21. The van der Waals surface area contributed by atoms with E-state index in [1.807, 2.05) is 47.0 Å². The Morgan fingerprint density at radius 2 is 0.812 bits per heavy atom. The molecule has 1 aliphatic heterocycles. The van der Waals surface area contributed by atoms with E-state index in [4.69, 9.17) is 18.9 Å². The highest BCUT2D eigenvalue weighted by Crippen LogP contribution is 2.37. The van der Waals surface area contributed by atoms with Gasteiger partial charge in [0.2, 0.25) is 0 Å². The van der Waals surface area contributed by atoms with Crippen molar-refractivity contribution in [2.24, 2.45) is 0 Å². The van der Waals surface area contributed by atoms with E-state index in [0.29, 0.717) is 39.1 Å². The number of likely N-dealkylation sites (N-methyl/N-ethyl adjacent to an activating group) is 1. The SMILES string of the molecule is CCCCCCCCCCCCOCCSC(C)(C)SCCOC(=O)CCN(CCC(=O)OCCSC(C)(C)SCCOCCCCCCCCCCCC)CCN1CCN(C)CC1. The molecule has 0 spiro atoms. The zero-order valence-corrected chi connectivity index (χ0v) is 46.0. The maximum Gasteiger partial charge on any atom is 0.307 e. The summed E-state index contributed by atoms with van der Waals surface area (Å²) < 4.78 is 23.3. The van der Waals surface area contributed by atoms with Crippen molar-refractivity contribution in [2.75, 3.05) is 122 Å². The predicted octanol–water partition coefficient (Wildman–Crippen LogP) is 12.7. The molecule has 64 heavy (non-hydrogen) atoms. The number of piperazine rings is 1. The number of carbonyl (C=O) groups is 2. The van der Waals surface area contributed by atoms with Gasteiger partial charge < -0.3 is 28.7 Å². The monoisotopic (exact) mass is 980 g/mol. The molecule has 13 heteroatoms. The lowest BCUT2D eigenvalue weighted by atomic mass is 10.1. The van der Waals surface area contributed by atoms with Gasteiger partial charge in [-0.3, -0.25) is 14.5 Å². The van der Waals surface area contributed by atoms with E-state index in [9.17, 15) is 9.59 Å². The second-order valence-electron chi connectivity index (χ2n) is 18.7. The van der Waals surface area contributed by atoms with E-state index in [2.05, 4.69) is 63.3 Å². The van der Waals surface area contributed by atoms with Crippen molar-refractivity contribution in [1.29, 1.82) is 0 Å². The molecule has 0 amide bonds. The first-order valence-corrected chi connectivity index (χ1v) is 30.1. The summed E-state index contributed by atoms with van der Waals surface area (Å²) in [7, 11) is 2.17.